The van der Waals surface area contributed by atoms with Crippen LogP contribution in [0.15, 0.2) is 0 Å². The molecule has 2 N–H and O–H groups in total. The Balaban J connectivity index is 1.78. The van der Waals surface area contributed by atoms with Crippen LogP contribution in [0, 0.1) is 11.8 Å². The molecule has 17 heavy (non-hydrogen) atoms. The fourth-order valence-electron chi connectivity index (χ4n) is 3.35. The van der Waals surface area contributed by atoms with Crippen molar-refractivity contribution in [1.29, 1.82) is 0 Å². The predicted octanol–water partition coefficient (Wildman–Crippen LogP) is 0.999. The van der Waals surface area contributed by atoms with E-state index in [4.69, 9.17) is 10.5 Å². The molecule has 2 saturated heterocycles. The Kier molecular flexibility index (Phi) is 4.40. The van der Waals surface area contributed by atoms with E-state index < -0.39 is 0 Å². The highest BCUT2D eigenvalue weighted by Crippen LogP contribution is 2.38. The third kappa shape index (κ3) is 2.99. The molecule has 2 bridgehead atoms. The van der Waals surface area contributed by atoms with Crippen LogP contribution in [0.2, 0.25) is 0 Å². The minimum Gasteiger partial charge on any atom is -0.466 e. The zero-order valence-electron chi connectivity index (χ0n) is 10.7. The monoisotopic (exact) mass is 240 g/mol. The highest BCUT2D eigenvalue weighted by Gasteiger charge is 2.39. The van der Waals surface area contributed by atoms with Gasteiger partial charge in [0.1, 0.15) is 0 Å². The van der Waals surface area contributed by atoms with Crippen LogP contribution in [0.4, 0.5) is 0 Å². The largest absolute Gasteiger partial charge is 0.466 e. The number of hydrogen-bond acceptors (Lipinski definition) is 4. The Hall–Kier alpha value is -0.610. The number of esters is 1. The van der Waals surface area contributed by atoms with Gasteiger partial charge in [-0.25, -0.2) is 0 Å². The average molecular weight is 240 g/mol. The molecule has 2 heterocycles. The number of nitrogens with zero attached hydrogens (tertiary/aromatic N) is 1. The summed E-state index contributed by atoms with van der Waals surface area (Å²) in [7, 11) is 0. The molecule has 1 saturated carbocycles. The van der Waals surface area contributed by atoms with Gasteiger partial charge in [-0.3, -0.25) is 9.69 Å². The summed E-state index contributed by atoms with van der Waals surface area (Å²) in [6.07, 6.45) is 4.36. The molecule has 3 rings (SSSR count). The highest BCUT2D eigenvalue weighted by molar-refractivity contribution is 5.69. The van der Waals surface area contributed by atoms with Crippen LogP contribution in [0.5, 0.6) is 0 Å². The maximum absolute atomic E-state index is 11.3. The van der Waals surface area contributed by atoms with Gasteiger partial charge in [-0.05, 0) is 44.6 Å². The van der Waals surface area contributed by atoms with Crippen molar-refractivity contribution in [3.8, 4) is 0 Å². The molecule has 0 aromatic carbocycles. The van der Waals surface area contributed by atoms with E-state index in [-0.39, 0.29) is 5.97 Å². The molecule has 4 heteroatoms. The first-order valence-electron chi connectivity index (χ1n) is 6.84. The molecular formula is C13H24N2O2. The number of fused-ring (bicyclic) bond motifs is 3. The molecule has 0 amide bonds. The van der Waals surface area contributed by atoms with Gasteiger partial charge in [0.2, 0.25) is 0 Å². The van der Waals surface area contributed by atoms with E-state index in [1.54, 1.807) is 0 Å². The molecule has 3 fully saturated rings. The lowest BCUT2D eigenvalue weighted by Gasteiger charge is -2.49. The van der Waals surface area contributed by atoms with Crippen molar-refractivity contribution in [2.45, 2.75) is 38.6 Å². The second-order valence-corrected chi connectivity index (χ2v) is 5.27. The lowest BCUT2D eigenvalue weighted by Crippen LogP contribution is -2.53. The second kappa shape index (κ2) is 5.83. The van der Waals surface area contributed by atoms with Crippen molar-refractivity contribution in [3.63, 3.8) is 0 Å². The number of nitrogens with two attached hydrogens (primary N) is 1. The number of piperidine rings is 2. The molecule has 1 aliphatic carbocycles. The number of carbonyl (C=O) groups excluding carboxylic acids is 1. The topological polar surface area (TPSA) is 55.6 Å². The molecule has 0 radical (unpaired) electrons. The summed E-state index contributed by atoms with van der Waals surface area (Å²) < 4.78 is 4.97. The van der Waals surface area contributed by atoms with Gasteiger partial charge in [0, 0.05) is 19.1 Å². The number of carbonyl (C=O) groups is 1. The first kappa shape index (κ1) is 12.8. The third-order valence-electron chi connectivity index (χ3n) is 4.31. The van der Waals surface area contributed by atoms with Crippen LogP contribution in [0.3, 0.4) is 0 Å². The molecule has 0 aromatic heterocycles. The van der Waals surface area contributed by atoms with Crippen LogP contribution in [0.1, 0.15) is 32.6 Å². The molecule has 0 aromatic rings. The Morgan fingerprint density at radius 1 is 1.47 bits per heavy atom. The first-order valence-corrected chi connectivity index (χ1v) is 6.84. The molecule has 2 aliphatic heterocycles. The molecule has 3 atom stereocenters. The van der Waals surface area contributed by atoms with E-state index in [0.717, 1.165) is 25.6 Å². The molecule has 3 unspecified atom stereocenters. The fraction of sp³-hybridized carbons (Fsp3) is 0.923. The van der Waals surface area contributed by atoms with Crippen LogP contribution in [-0.2, 0) is 9.53 Å². The SMILES string of the molecule is CCOC(=O)CCN1CC2CCC1CC2CN. The van der Waals surface area contributed by atoms with Crippen molar-refractivity contribution in [1.82, 2.24) is 4.90 Å². The average Bonchev–Trinajstić information content (AvgIpc) is 2.37. The number of rotatable bonds is 5. The second-order valence-electron chi connectivity index (χ2n) is 5.27. The first-order chi connectivity index (χ1) is 8.24. The summed E-state index contributed by atoms with van der Waals surface area (Å²) in [6, 6.07) is 0.656. The van der Waals surface area contributed by atoms with Crippen LogP contribution in [-0.4, -0.2) is 43.2 Å². The van der Waals surface area contributed by atoms with E-state index >= 15 is 0 Å². The zero-order valence-corrected chi connectivity index (χ0v) is 10.7. The molecule has 98 valence electrons. The van der Waals surface area contributed by atoms with Gasteiger partial charge >= 0.3 is 5.97 Å². The van der Waals surface area contributed by atoms with Gasteiger partial charge in [-0.2, -0.15) is 0 Å². The third-order valence-corrected chi connectivity index (χ3v) is 4.31. The van der Waals surface area contributed by atoms with Gasteiger partial charge in [0.25, 0.3) is 0 Å². The van der Waals surface area contributed by atoms with E-state index in [1.165, 1.54) is 19.3 Å². The Morgan fingerprint density at radius 3 is 2.88 bits per heavy atom. The molecule has 0 spiro atoms. The number of hydrogen-bond donors (Lipinski definition) is 1. The predicted molar refractivity (Wildman–Crippen MR) is 66.5 cm³/mol. The fourth-order valence-corrected chi connectivity index (χ4v) is 3.35. The van der Waals surface area contributed by atoms with Crippen LogP contribution in [0.25, 0.3) is 0 Å². The standard InChI is InChI=1S/C13H24N2O2/c1-2-17-13(16)5-6-15-9-10-3-4-12(15)7-11(10)8-14/h10-12H,2-9,14H2,1H3. The maximum atomic E-state index is 11.3. The van der Waals surface area contributed by atoms with Crippen molar-refractivity contribution >= 4 is 5.97 Å². The minimum absolute atomic E-state index is 0.0654. The van der Waals surface area contributed by atoms with Gasteiger partial charge in [0.05, 0.1) is 13.0 Å². The summed E-state index contributed by atoms with van der Waals surface area (Å²) in [5, 5.41) is 0. The Labute approximate surface area is 103 Å². The van der Waals surface area contributed by atoms with E-state index in [9.17, 15) is 4.79 Å². The van der Waals surface area contributed by atoms with Gasteiger partial charge in [0.15, 0.2) is 0 Å². The summed E-state index contributed by atoms with van der Waals surface area (Å²) in [4.78, 5) is 13.8. The smallest absolute Gasteiger partial charge is 0.307 e. The maximum Gasteiger partial charge on any atom is 0.307 e. The van der Waals surface area contributed by atoms with E-state index in [1.807, 2.05) is 6.92 Å². The van der Waals surface area contributed by atoms with Gasteiger partial charge in [-0.15, -0.1) is 0 Å². The van der Waals surface area contributed by atoms with Crippen molar-refractivity contribution < 1.29 is 9.53 Å². The van der Waals surface area contributed by atoms with Crippen molar-refractivity contribution in [2.24, 2.45) is 17.6 Å². The summed E-state index contributed by atoms with van der Waals surface area (Å²) in [5.74, 6) is 1.41. The lowest BCUT2D eigenvalue weighted by atomic mass is 9.72. The van der Waals surface area contributed by atoms with Crippen LogP contribution < -0.4 is 5.73 Å². The minimum atomic E-state index is -0.0654. The quantitative estimate of drug-likeness (QED) is 0.728. The molecule has 3 aliphatic rings. The van der Waals surface area contributed by atoms with E-state index in [2.05, 4.69) is 4.90 Å². The van der Waals surface area contributed by atoms with Gasteiger partial charge in [-0.1, -0.05) is 0 Å². The van der Waals surface area contributed by atoms with E-state index in [0.29, 0.717) is 25.0 Å². The molecular weight excluding hydrogens is 216 g/mol. The summed E-state index contributed by atoms with van der Waals surface area (Å²) in [5.41, 5.74) is 5.80. The van der Waals surface area contributed by atoms with Crippen molar-refractivity contribution in [3.05, 3.63) is 0 Å². The van der Waals surface area contributed by atoms with Gasteiger partial charge < -0.3 is 10.5 Å². The number of ether oxygens (including phenoxy) is 1. The van der Waals surface area contributed by atoms with Crippen LogP contribution >= 0.6 is 0 Å². The molecule has 4 nitrogen and oxygen atoms in total. The zero-order chi connectivity index (χ0) is 12.3. The normalized spacial score (nSPS) is 32.7. The highest BCUT2D eigenvalue weighted by atomic mass is 16.5. The van der Waals surface area contributed by atoms with Crippen molar-refractivity contribution in [2.75, 3.05) is 26.2 Å². The lowest BCUT2D eigenvalue weighted by molar-refractivity contribution is -0.144. The summed E-state index contributed by atoms with van der Waals surface area (Å²) in [6.45, 7) is 5.16. The Morgan fingerprint density at radius 2 is 2.29 bits per heavy atom. The summed E-state index contributed by atoms with van der Waals surface area (Å²) >= 11 is 0. The Bertz CT molecular complexity index is 270.